The van der Waals surface area contributed by atoms with E-state index in [-0.39, 0.29) is 11.9 Å². The van der Waals surface area contributed by atoms with Crippen molar-refractivity contribution >= 4 is 11.5 Å². The Hall–Kier alpha value is -2.68. The van der Waals surface area contributed by atoms with Crippen molar-refractivity contribution < 1.29 is 4.79 Å². The van der Waals surface area contributed by atoms with Crippen LogP contribution in [-0.4, -0.2) is 16.9 Å². The smallest absolute Gasteiger partial charge is 0.244 e. The van der Waals surface area contributed by atoms with E-state index in [4.69, 9.17) is 0 Å². The standard InChI is InChI=1S/C28H38N2O/c1-5-6-13-26(27-18-16-25(17-19-27)22(2)3)14-8-15-28(31)30-23(4)10-7-11-24-12-9-20-29-21-24/h8-9,12,14-23H,5-7,10-11,13H2,1-4H3,(H,30,31)/t23-/m1/s1. The van der Waals surface area contributed by atoms with E-state index in [1.165, 1.54) is 22.3 Å². The number of hydrogen-bond acceptors (Lipinski definition) is 2. The fraction of sp³-hybridized carbons (Fsp3) is 0.429. The van der Waals surface area contributed by atoms with E-state index in [0.717, 1.165) is 38.5 Å². The first-order chi connectivity index (χ1) is 15.0. The molecule has 1 aromatic carbocycles. The van der Waals surface area contributed by atoms with Crippen LogP contribution in [0.1, 0.15) is 82.4 Å². The summed E-state index contributed by atoms with van der Waals surface area (Å²) in [5.74, 6) is 0.502. The second-order valence-electron chi connectivity index (χ2n) is 8.59. The normalized spacial score (nSPS) is 13.0. The fourth-order valence-electron chi connectivity index (χ4n) is 3.55. The van der Waals surface area contributed by atoms with E-state index in [9.17, 15) is 4.79 Å². The Morgan fingerprint density at radius 3 is 2.52 bits per heavy atom. The Morgan fingerprint density at radius 1 is 1.10 bits per heavy atom. The Morgan fingerprint density at radius 2 is 1.87 bits per heavy atom. The lowest BCUT2D eigenvalue weighted by molar-refractivity contribution is -0.117. The van der Waals surface area contributed by atoms with Crippen LogP contribution >= 0.6 is 0 Å². The number of amides is 1. The van der Waals surface area contributed by atoms with Gasteiger partial charge in [0.05, 0.1) is 0 Å². The molecule has 0 unspecified atom stereocenters. The highest BCUT2D eigenvalue weighted by atomic mass is 16.1. The van der Waals surface area contributed by atoms with Gasteiger partial charge in [-0.3, -0.25) is 9.78 Å². The molecule has 0 aliphatic heterocycles. The fourth-order valence-corrected chi connectivity index (χ4v) is 3.55. The van der Waals surface area contributed by atoms with Gasteiger partial charge in [0.2, 0.25) is 5.91 Å². The van der Waals surface area contributed by atoms with Gasteiger partial charge in [0.1, 0.15) is 0 Å². The molecule has 0 saturated heterocycles. The molecule has 3 heteroatoms. The third-order valence-corrected chi connectivity index (χ3v) is 5.51. The number of pyridine rings is 1. The van der Waals surface area contributed by atoms with Gasteiger partial charge in [0.25, 0.3) is 0 Å². The van der Waals surface area contributed by atoms with Gasteiger partial charge in [0.15, 0.2) is 0 Å². The number of nitrogens with zero attached hydrogens (tertiary/aromatic N) is 1. The van der Waals surface area contributed by atoms with Gasteiger partial charge in [-0.15, -0.1) is 0 Å². The molecule has 1 atom stereocenters. The minimum absolute atomic E-state index is 0.0323. The summed E-state index contributed by atoms with van der Waals surface area (Å²) in [5.41, 5.74) is 5.12. The number of unbranched alkanes of at least 4 members (excludes halogenated alkanes) is 1. The molecule has 3 nitrogen and oxygen atoms in total. The first kappa shape index (κ1) is 24.6. The zero-order chi connectivity index (χ0) is 22.5. The van der Waals surface area contributed by atoms with Crippen LogP contribution in [-0.2, 0) is 11.2 Å². The van der Waals surface area contributed by atoms with Crippen molar-refractivity contribution in [3.8, 4) is 0 Å². The van der Waals surface area contributed by atoms with Crippen molar-refractivity contribution in [3.63, 3.8) is 0 Å². The van der Waals surface area contributed by atoms with Crippen molar-refractivity contribution in [2.24, 2.45) is 0 Å². The molecule has 1 aromatic heterocycles. The minimum atomic E-state index is -0.0323. The number of nitrogens with one attached hydrogen (secondary N) is 1. The molecule has 1 heterocycles. The Kier molecular flexibility index (Phi) is 10.8. The molecule has 0 radical (unpaired) electrons. The van der Waals surface area contributed by atoms with Gasteiger partial charge < -0.3 is 5.32 Å². The molecule has 31 heavy (non-hydrogen) atoms. The maximum absolute atomic E-state index is 12.3. The second-order valence-corrected chi connectivity index (χ2v) is 8.59. The average Bonchev–Trinajstić information content (AvgIpc) is 2.77. The Balaban J connectivity index is 1.87. The quantitative estimate of drug-likeness (QED) is 0.302. The molecule has 2 rings (SSSR count). The van der Waals surface area contributed by atoms with Crippen LogP contribution < -0.4 is 5.32 Å². The summed E-state index contributed by atoms with van der Waals surface area (Å²) in [6, 6.07) is 13.0. The van der Waals surface area contributed by atoms with E-state index in [0.29, 0.717) is 5.92 Å². The molecule has 2 aromatic rings. The lowest BCUT2D eigenvalue weighted by Gasteiger charge is -2.12. The summed E-state index contributed by atoms with van der Waals surface area (Å²) >= 11 is 0. The number of hydrogen-bond donors (Lipinski definition) is 1. The number of rotatable bonds is 12. The lowest BCUT2D eigenvalue weighted by Crippen LogP contribution is -2.31. The van der Waals surface area contributed by atoms with Crippen LogP contribution in [0, 0.1) is 0 Å². The zero-order valence-electron chi connectivity index (χ0n) is 19.6. The molecule has 0 spiro atoms. The molecule has 0 bridgehead atoms. The number of carbonyl (C=O) groups is 1. The molecule has 0 saturated carbocycles. The number of allylic oxidation sites excluding steroid dienone is 3. The van der Waals surface area contributed by atoms with E-state index >= 15 is 0 Å². The number of benzene rings is 1. The topological polar surface area (TPSA) is 42.0 Å². The molecular formula is C28H38N2O. The molecular weight excluding hydrogens is 380 g/mol. The third kappa shape index (κ3) is 9.33. The second kappa shape index (κ2) is 13.6. The highest BCUT2D eigenvalue weighted by molar-refractivity contribution is 5.88. The lowest BCUT2D eigenvalue weighted by atomic mass is 9.96. The van der Waals surface area contributed by atoms with Crippen LogP contribution in [0.2, 0.25) is 0 Å². The summed E-state index contributed by atoms with van der Waals surface area (Å²) in [6.07, 6.45) is 15.6. The number of carbonyl (C=O) groups excluding carboxylic acids is 1. The predicted molar refractivity (Wildman–Crippen MR) is 132 cm³/mol. The number of aryl methyl sites for hydroxylation is 1. The highest BCUT2D eigenvalue weighted by Crippen LogP contribution is 2.23. The van der Waals surface area contributed by atoms with E-state index in [2.05, 4.69) is 74.4 Å². The van der Waals surface area contributed by atoms with Crippen molar-refractivity contribution in [1.82, 2.24) is 10.3 Å². The van der Waals surface area contributed by atoms with Crippen LogP contribution in [0.25, 0.3) is 5.57 Å². The minimum Gasteiger partial charge on any atom is -0.350 e. The highest BCUT2D eigenvalue weighted by Gasteiger charge is 2.06. The summed E-state index contributed by atoms with van der Waals surface area (Å²) in [7, 11) is 0. The van der Waals surface area contributed by atoms with Gasteiger partial charge >= 0.3 is 0 Å². The summed E-state index contributed by atoms with van der Waals surface area (Å²) in [4.78, 5) is 16.4. The largest absolute Gasteiger partial charge is 0.350 e. The number of aromatic nitrogens is 1. The van der Waals surface area contributed by atoms with E-state index < -0.39 is 0 Å². The monoisotopic (exact) mass is 418 g/mol. The maximum Gasteiger partial charge on any atom is 0.244 e. The van der Waals surface area contributed by atoms with Gasteiger partial charge in [-0.1, -0.05) is 69.7 Å². The first-order valence-electron chi connectivity index (χ1n) is 11.7. The molecule has 1 amide bonds. The molecule has 0 aliphatic rings. The SMILES string of the molecule is CCCCC(=CC=CC(=O)N[C@H](C)CCCc1cccnc1)c1ccc(C(C)C)cc1. The van der Waals surface area contributed by atoms with Crippen molar-refractivity contribution in [2.75, 3.05) is 0 Å². The van der Waals surface area contributed by atoms with Gasteiger partial charge in [0, 0.05) is 24.5 Å². The van der Waals surface area contributed by atoms with Crippen LogP contribution in [0.15, 0.2) is 67.0 Å². The first-order valence-corrected chi connectivity index (χ1v) is 11.7. The van der Waals surface area contributed by atoms with Gasteiger partial charge in [-0.05, 0) is 73.3 Å². The summed E-state index contributed by atoms with van der Waals surface area (Å²) < 4.78 is 0. The summed E-state index contributed by atoms with van der Waals surface area (Å²) in [6.45, 7) is 8.69. The summed E-state index contributed by atoms with van der Waals surface area (Å²) in [5, 5.41) is 3.07. The van der Waals surface area contributed by atoms with Gasteiger partial charge in [-0.2, -0.15) is 0 Å². The predicted octanol–water partition coefficient (Wildman–Crippen LogP) is 6.86. The van der Waals surface area contributed by atoms with Gasteiger partial charge in [-0.25, -0.2) is 0 Å². The third-order valence-electron chi connectivity index (χ3n) is 5.51. The van der Waals surface area contributed by atoms with Crippen molar-refractivity contribution in [2.45, 2.75) is 78.2 Å². The average molecular weight is 419 g/mol. The molecule has 0 aliphatic carbocycles. The van der Waals surface area contributed by atoms with Crippen LogP contribution in [0.3, 0.4) is 0 Å². The zero-order valence-corrected chi connectivity index (χ0v) is 19.6. The Labute approximate surface area is 188 Å². The molecule has 0 fully saturated rings. The van der Waals surface area contributed by atoms with E-state index in [1.807, 2.05) is 18.3 Å². The van der Waals surface area contributed by atoms with Crippen molar-refractivity contribution in [3.05, 3.63) is 83.7 Å². The maximum atomic E-state index is 12.3. The molecule has 166 valence electrons. The van der Waals surface area contributed by atoms with Crippen LogP contribution in [0.5, 0.6) is 0 Å². The van der Waals surface area contributed by atoms with Crippen LogP contribution in [0.4, 0.5) is 0 Å². The van der Waals surface area contributed by atoms with Crippen molar-refractivity contribution in [1.29, 1.82) is 0 Å². The Bertz CT molecular complexity index is 835. The molecule has 1 N–H and O–H groups in total. The van der Waals surface area contributed by atoms with E-state index in [1.54, 1.807) is 12.3 Å².